The van der Waals surface area contributed by atoms with E-state index in [1.54, 1.807) is 4.90 Å². The molecule has 0 bridgehead atoms. The van der Waals surface area contributed by atoms with Gasteiger partial charge in [0.2, 0.25) is 0 Å². The molecule has 32 heavy (non-hydrogen) atoms. The van der Waals surface area contributed by atoms with Crippen LogP contribution in [0.5, 0.6) is 0 Å². The predicted octanol–water partition coefficient (Wildman–Crippen LogP) is 4.43. The lowest BCUT2D eigenvalue weighted by Crippen LogP contribution is -2.51. The van der Waals surface area contributed by atoms with Crippen molar-refractivity contribution >= 4 is 11.9 Å². The summed E-state index contributed by atoms with van der Waals surface area (Å²) in [6.45, 7) is 2.28. The first-order chi connectivity index (χ1) is 15.6. The van der Waals surface area contributed by atoms with E-state index >= 15 is 0 Å². The number of likely N-dealkylation sites (tertiary alicyclic amines) is 1. The molecular weight excluding hydrogens is 406 g/mol. The summed E-state index contributed by atoms with van der Waals surface area (Å²) in [6.07, 6.45) is 7.65. The number of nitrogens with one attached hydrogen (secondary N) is 1. The molecular formula is C25H33N3O4. The van der Waals surface area contributed by atoms with E-state index in [1.165, 1.54) is 12.5 Å². The van der Waals surface area contributed by atoms with Crippen LogP contribution < -0.4 is 0 Å². The fourth-order valence-electron chi connectivity index (χ4n) is 5.08. The van der Waals surface area contributed by atoms with Crippen molar-refractivity contribution in [1.82, 2.24) is 15.1 Å². The van der Waals surface area contributed by atoms with Gasteiger partial charge in [-0.2, -0.15) is 5.10 Å². The lowest BCUT2D eigenvalue weighted by atomic mass is 9.82. The van der Waals surface area contributed by atoms with Crippen LogP contribution >= 0.6 is 0 Å². The van der Waals surface area contributed by atoms with Gasteiger partial charge in [-0.15, -0.1) is 0 Å². The van der Waals surface area contributed by atoms with Gasteiger partial charge in [0.1, 0.15) is 0 Å². The molecule has 1 saturated heterocycles. The van der Waals surface area contributed by atoms with Crippen molar-refractivity contribution in [2.24, 2.45) is 0 Å². The Hall–Kier alpha value is -2.67. The molecule has 172 valence electrons. The largest absolute Gasteiger partial charge is 0.441 e. The average Bonchev–Trinajstić information content (AvgIpc) is 3.37. The van der Waals surface area contributed by atoms with E-state index < -0.39 is 6.09 Å². The van der Waals surface area contributed by atoms with E-state index in [9.17, 15) is 9.59 Å². The number of amides is 1. The minimum absolute atomic E-state index is 0.0838. The van der Waals surface area contributed by atoms with Gasteiger partial charge in [-0.1, -0.05) is 30.3 Å². The third kappa shape index (κ3) is 5.57. The molecule has 7 nitrogen and oxygen atoms in total. The number of benzene rings is 1. The van der Waals surface area contributed by atoms with Crippen LogP contribution in [0.2, 0.25) is 0 Å². The zero-order chi connectivity index (χ0) is 22.3. The second-order valence-electron chi connectivity index (χ2n) is 8.98. The SMILES string of the molecule is CC(=O)COC(=O)N1CCC[C@H](c2cc[nH]n2)[C@@H]1CO[C@H]1CC[C@@H](c2ccccc2)CC1. The van der Waals surface area contributed by atoms with E-state index in [-0.39, 0.29) is 30.5 Å². The Labute approximate surface area is 189 Å². The number of carbonyl (C=O) groups is 2. The maximum Gasteiger partial charge on any atom is 0.410 e. The Kier molecular flexibility index (Phi) is 7.58. The second kappa shape index (κ2) is 10.8. The van der Waals surface area contributed by atoms with Gasteiger partial charge >= 0.3 is 6.09 Å². The highest BCUT2D eigenvalue weighted by atomic mass is 16.6. The molecule has 1 aliphatic heterocycles. The van der Waals surface area contributed by atoms with Crippen molar-refractivity contribution in [2.75, 3.05) is 19.8 Å². The molecule has 1 aromatic carbocycles. The van der Waals surface area contributed by atoms with Gasteiger partial charge < -0.3 is 14.4 Å². The van der Waals surface area contributed by atoms with E-state index in [4.69, 9.17) is 9.47 Å². The smallest absolute Gasteiger partial charge is 0.410 e. The molecule has 2 aromatic rings. The van der Waals surface area contributed by atoms with Crippen LogP contribution in [-0.4, -0.2) is 58.9 Å². The van der Waals surface area contributed by atoms with E-state index in [0.29, 0.717) is 19.1 Å². The fourth-order valence-corrected chi connectivity index (χ4v) is 5.08. The number of rotatable bonds is 7. The number of hydrogen-bond donors (Lipinski definition) is 1. The minimum atomic E-state index is -0.443. The first-order valence-corrected chi connectivity index (χ1v) is 11.7. The summed E-state index contributed by atoms with van der Waals surface area (Å²) in [7, 11) is 0. The number of ketones is 1. The molecule has 1 N–H and O–H groups in total. The summed E-state index contributed by atoms with van der Waals surface area (Å²) in [5.41, 5.74) is 2.35. The number of carbonyl (C=O) groups excluding carboxylic acids is 2. The molecule has 1 saturated carbocycles. The van der Waals surface area contributed by atoms with Gasteiger partial charge in [0.05, 0.1) is 24.4 Å². The Morgan fingerprint density at radius 3 is 2.56 bits per heavy atom. The summed E-state index contributed by atoms with van der Waals surface area (Å²) >= 11 is 0. The van der Waals surface area contributed by atoms with Crippen LogP contribution in [0.15, 0.2) is 42.6 Å². The average molecular weight is 440 g/mol. The molecule has 2 fully saturated rings. The van der Waals surface area contributed by atoms with Crippen molar-refractivity contribution in [3.63, 3.8) is 0 Å². The standard InChI is InChI=1S/C25H33N3O4/c1-18(29)16-32-25(30)28-15-5-8-22(23-13-14-26-27-23)24(28)17-31-21-11-9-20(10-12-21)19-6-3-2-4-7-19/h2-4,6-7,13-14,20-22,24H,5,8-12,15-17H2,1H3,(H,26,27)/t20-,21+,22-,24+/m1/s1. The Bertz CT molecular complexity index is 863. The zero-order valence-electron chi connectivity index (χ0n) is 18.7. The Morgan fingerprint density at radius 1 is 1.09 bits per heavy atom. The maximum atomic E-state index is 12.7. The topological polar surface area (TPSA) is 84.5 Å². The number of aromatic amines is 1. The monoisotopic (exact) mass is 439 g/mol. The number of Topliss-reactive ketones (excluding diaryl/α,β-unsaturated/α-hetero) is 1. The summed E-state index contributed by atoms with van der Waals surface area (Å²) in [4.78, 5) is 25.8. The molecule has 7 heteroatoms. The highest BCUT2D eigenvalue weighted by molar-refractivity contribution is 5.79. The maximum absolute atomic E-state index is 12.7. The summed E-state index contributed by atoms with van der Waals surface area (Å²) in [6, 6.07) is 12.5. The molecule has 4 rings (SSSR count). The lowest BCUT2D eigenvalue weighted by molar-refractivity contribution is -0.120. The summed E-state index contributed by atoms with van der Waals surface area (Å²) in [5, 5.41) is 7.27. The summed E-state index contributed by atoms with van der Waals surface area (Å²) in [5.74, 6) is 0.517. The molecule has 2 aliphatic rings. The van der Waals surface area contributed by atoms with Crippen molar-refractivity contribution in [2.45, 2.75) is 69.4 Å². The van der Waals surface area contributed by atoms with Crippen molar-refractivity contribution < 1.29 is 19.1 Å². The van der Waals surface area contributed by atoms with Gasteiger partial charge in [-0.3, -0.25) is 9.89 Å². The van der Waals surface area contributed by atoms with Crippen molar-refractivity contribution in [1.29, 1.82) is 0 Å². The molecule has 0 radical (unpaired) electrons. The van der Waals surface area contributed by atoms with E-state index in [1.807, 2.05) is 12.3 Å². The number of piperidine rings is 1. The van der Waals surface area contributed by atoms with Gasteiger partial charge in [0.25, 0.3) is 0 Å². The molecule has 0 spiro atoms. The van der Waals surface area contributed by atoms with Crippen LogP contribution in [-0.2, 0) is 14.3 Å². The van der Waals surface area contributed by atoms with E-state index in [0.717, 1.165) is 44.2 Å². The molecule has 1 amide bonds. The molecule has 2 atom stereocenters. The Morgan fingerprint density at radius 2 is 1.88 bits per heavy atom. The van der Waals surface area contributed by atoms with Gasteiger partial charge in [0.15, 0.2) is 12.4 Å². The number of aromatic nitrogens is 2. The third-order valence-corrected chi connectivity index (χ3v) is 6.76. The molecule has 2 heterocycles. The first-order valence-electron chi connectivity index (χ1n) is 11.7. The van der Waals surface area contributed by atoms with Gasteiger partial charge in [-0.05, 0) is 63.0 Å². The van der Waals surface area contributed by atoms with Gasteiger partial charge in [0, 0.05) is 18.7 Å². The number of hydrogen-bond acceptors (Lipinski definition) is 5. The highest BCUT2D eigenvalue weighted by Gasteiger charge is 2.38. The van der Waals surface area contributed by atoms with Crippen LogP contribution in [0.4, 0.5) is 4.79 Å². The van der Waals surface area contributed by atoms with E-state index in [2.05, 4.69) is 40.5 Å². The minimum Gasteiger partial charge on any atom is -0.441 e. The lowest BCUT2D eigenvalue weighted by Gasteiger charge is -2.40. The Balaban J connectivity index is 1.38. The van der Waals surface area contributed by atoms with Crippen molar-refractivity contribution in [3.8, 4) is 0 Å². The zero-order valence-corrected chi connectivity index (χ0v) is 18.7. The summed E-state index contributed by atoms with van der Waals surface area (Å²) < 4.78 is 11.6. The number of nitrogens with zero attached hydrogens (tertiary/aromatic N) is 2. The number of ether oxygens (including phenoxy) is 2. The van der Waals surface area contributed by atoms with Crippen LogP contribution in [0, 0.1) is 0 Å². The van der Waals surface area contributed by atoms with Crippen LogP contribution in [0.1, 0.15) is 68.5 Å². The first kappa shape index (κ1) is 22.5. The van der Waals surface area contributed by atoms with Crippen LogP contribution in [0.25, 0.3) is 0 Å². The predicted molar refractivity (Wildman–Crippen MR) is 120 cm³/mol. The second-order valence-corrected chi connectivity index (χ2v) is 8.98. The third-order valence-electron chi connectivity index (χ3n) is 6.76. The molecule has 1 aliphatic carbocycles. The molecule has 0 unspecified atom stereocenters. The fraction of sp³-hybridized carbons (Fsp3) is 0.560. The quantitative estimate of drug-likeness (QED) is 0.690. The van der Waals surface area contributed by atoms with Gasteiger partial charge in [-0.25, -0.2) is 4.79 Å². The molecule has 1 aromatic heterocycles. The van der Waals surface area contributed by atoms with Crippen molar-refractivity contribution in [3.05, 3.63) is 53.9 Å². The van der Waals surface area contributed by atoms with Crippen LogP contribution in [0.3, 0.4) is 0 Å². The normalized spacial score (nSPS) is 26.0. The highest BCUT2D eigenvalue weighted by Crippen LogP contribution is 2.36. The number of H-pyrrole nitrogens is 1.